The van der Waals surface area contributed by atoms with Crippen LogP contribution in [0.2, 0.25) is 0 Å². The number of halogens is 1. The summed E-state index contributed by atoms with van der Waals surface area (Å²) in [7, 11) is -0.736. The molecule has 11 rings (SSSR count). The summed E-state index contributed by atoms with van der Waals surface area (Å²) in [5, 5.41) is 5.12. The molecule has 0 radical (unpaired) electrons. The molecular weight excluding hydrogens is 878 g/mol. The Balaban J connectivity index is 0.000000141. The zero-order valence-corrected chi connectivity index (χ0v) is 40.3. The summed E-state index contributed by atoms with van der Waals surface area (Å²) in [6, 6.07) is 57.6. The summed E-state index contributed by atoms with van der Waals surface area (Å²) >= 11 is 6.98. The second kappa shape index (κ2) is 17.1. The van der Waals surface area contributed by atoms with E-state index >= 15 is 0 Å². The molecule has 7 aromatic carbocycles. The van der Waals surface area contributed by atoms with Gasteiger partial charge in [-0.2, -0.15) is 0 Å². The number of rotatable bonds is 4. The molecule has 2 aliphatic rings. The van der Waals surface area contributed by atoms with Crippen molar-refractivity contribution in [2.45, 2.75) is 77.8 Å². The van der Waals surface area contributed by atoms with Gasteiger partial charge in [0, 0.05) is 39.5 Å². The normalized spacial score (nSPS) is 17.2. The van der Waals surface area contributed by atoms with Crippen LogP contribution in [0.25, 0.3) is 62.6 Å². The highest BCUT2D eigenvalue weighted by atomic mass is 79.9. The fourth-order valence-electron chi connectivity index (χ4n) is 7.99. The van der Waals surface area contributed by atoms with Crippen LogP contribution in [-0.4, -0.2) is 36.6 Å². The fraction of sp³-hybridized carbons (Fsp3) is 0.222. The maximum atomic E-state index is 6.35. The van der Waals surface area contributed by atoms with Gasteiger partial charge in [-0.25, -0.2) is 0 Å². The van der Waals surface area contributed by atoms with E-state index < -0.39 is 0 Å². The van der Waals surface area contributed by atoms with E-state index in [2.05, 4.69) is 205 Å². The average molecular weight is 930 g/mol. The number of hydrogen-bond donors (Lipinski definition) is 0. The number of thiophene rings is 2. The molecular formula is C54H51B2BrO4S2. The SMILES string of the molecule is Brc1ccccc1.CC1(C)OB(c2ccc3sc4c(B5OC(C)(C)C(C)(C)O5)cccc4c3c2)OC1(C)C.c1ccc(-c2ccc3sc4c(-c5ccccc5)cccc4c3c2)cc1. The lowest BCUT2D eigenvalue weighted by atomic mass is 9.77. The molecule has 9 heteroatoms. The Kier molecular flexibility index (Phi) is 11.8. The lowest BCUT2D eigenvalue weighted by Crippen LogP contribution is -2.41. The molecule has 0 N–H and O–H groups in total. The van der Waals surface area contributed by atoms with Gasteiger partial charge in [-0.15, -0.1) is 22.7 Å². The van der Waals surface area contributed by atoms with Gasteiger partial charge in [-0.3, -0.25) is 0 Å². The molecule has 63 heavy (non-hydrogen) atoms. The van der Waals surface area contributed by atoms with E-state index in [-0.39, 0.29) is 36.6 Å². The second-order valence-corrected chi connectivity index (χ2v) is 21.3. The van der Waals surface area contributed by atoms with Crippen molar-refractivity contribution in [1.82, 2.24) is 0 Å². The van der Waals surface area contributed by atoms with E-state index in [9.17, 15) is 0 Å². The van der Waals surface area contributed by atoms with E-state index in [1.165, 1.54) is 62.6 Å². The van der Waals surface area contributed by atoms with Gasteiger partial charge >= 0.3 is 14.2 Å². The molecule has 4 heterocycles. The van der Waals surface area contributed by atoms with Crippen molar-refractivity contribution in [3.05, 3.63) is 168 Å². The van der Waals surface area contributed by atoms with Crippen molar-refractivity contribution >= 4 is 104 Å². The molecule has 0 bridgehead atoms. The first-order valence-corrected chi connectivity index (χ1v) is 24.0. The van der Waals surface area contributed by atoms with Crippen LogP contribution >= 0.6 is 38.6 Å². The minimum absolute atomic E-state index is 0.354. The molecule has 0 saturated carbocycles. The molecule has 316 valence electrons. The predicted octanol–water partition coefficient (Wildman–Crippen LogP) is 14.5. The van der Waals surface area contributed by atoms with Crippen molar-refractivity contribution < 1.29 is 18.6 Å². The Morgan fingerprint density at radius 1 is 0.397 bits per heavy atom. The van der Waals surface area contributed by atoms with E-state index in [4.69, 9.17) is 18.6 Å². The van der Waals surface area contributed by atoms with Crippen LogP contribution in [0, 0.1) is 0 Å². The molecule has 0 atom stereocenters. The third kappa shape index (κ3) is 8.58. The molecule has 0 aliphatic carbocycles. The molecule has 4 nitrogen and oxygen atoms in total. The van der Waals surface area contributed by atoms with Gasteiger partial charge in [0.05, 0.1) is 22.4 Å². The highest BCUT2D eigenvalue weighted by Gasteiger charge is 2.53. The zero-order chi connectivity index (χ0) is 44.1. The maximum absolute atomic E-state index is 6.35. The van der Waals surface area contributed by atoms with Gasteiger partial charge in [-0.05, 0) is 124 Å². The molecule has 2 aromatic heterocycles. The van der Waals surface area contributed by atoms with Crippen molar-refractivity contribution in [2.24, 2.45) is 0 Å². The van der Waals surface area contributed by atoms with Gasteiger partial charge in [-0.1, -0.05) is 149 Å². The van der Waals surface area contributed by atoms with Crippen LogP contribution in [-0.2, 0) is 18.6 Å². The molecule has 0 unspecified atom stereocenters. The summed E-state index contributed by atoms with van der Waals surface area (Å²) in [5.41, 5.74) is 5.85. The summed E-state index contributed by atoms with van der Waals surface area (Å²) in [4.78, 5) is 0. The van der Waals surface area contributed by atoms with Crippen LogP contribution in [0.4, 0.5) is 0 Å². The standard InChI is InChI=1S/C24H30B2O4S.C24H16S.C6H5Br/c1-21(2)22(3,4)28-25(27-21)15-12-13-19-17(14-15)16-10-9-11-18(20(16)31-19)26-29-23(5,6)24(7,8)30-26;1-3-8-17(9-4-1)19-14-15-23-22(16-19)21-13-7-12-20(24(21)25-23)18-10-5-2-6-11-18;7-6-4-2-1-3-5-6/h9-14H,1-8H3;1-16H;1-5H. The summed E-state index contributed by atoms with van der Waals surface area (Å²) in [5.74, 6) is 0. The summed E-state index contributed by atoms with van der Waals surface area (Å²) in [6.45, 7) is 16.7. The molecule has 9 aromatic rings. The van der Waals surface area contributed by atoms with Gasteiger partial charge < -0.3 is 18.6 Å². The second-order valence-electron chi connectivity index (χ2n) is 18.3. The summed E-state index contributed by atoms with van der Waals surface area (Å²) in [6.07, 6.45) is 0. The van der Waals surface area contributed by atoms with Gasteiger partial charge in [0.1, 0.15) is 0 Å². The number of hydrogen-bond acceptors (Lipinski definition) is 6. The number of fused-ring (bicyclic) bond motifs is 6. The minimum Gasteiger partial charge on any atom is -0.399 e. The van der Waals surface area contributed by atoms with E-state index in [1.54, 1.807) is 11.3 Å². The smallest absolute Gasteiger partial charge is 0.399 e. The van der Waals surface area contributed by atoms with Crippen molar-refractivity contribution in [2.75, 3.05) is 0 Å². The monoisotopic (exact) mass is 928 g/mol. The van der Waals surface area contributed by atoms with Gasteiger partial charge in [0.15, 0.2) is 0 Å². The lowest BCUT2D eigenvalue weighted by molar-refractivity contribution is 0.00578. The van der Waals surface area contributed by atoms with Crippen molar-refractivity contribution in [3.8, 4) is 22.3 Å². The minimum atomic E-state index is -0.371. The first kappa shape index (κ1) is 43.7. The molecule has 2 saturated heterocycles. The van der Waals surface area contributed by atoms with E-state index in [0.717, 1.165) is 15.4 Å². The third-order valence-corrected chi connectivity index (χ3v) is 16.0. The first-order chi connectivity index (χ1) is 30.1. The largest absolute Gasteiger partial charge is 0.496 e. The Morgan fingerprint density at radius 3 is 1.44 bits per heavy atom. The quantitative estimate of drug-likeness (QED) is 0.165. The number of benzene rings is 7. The molecule has 2 fully saturated rings. The van der Waals surface area contributed by atoms with Crippen LogP contribution in [0.15, 0.2) is 168 Å². The Morgan fingerprint density at radius 2 is 0.873 bits per heavy atom. The molecule has 0 spiro atoms. The lowest BCUT2D eigenvalue weighted by Gasteiger charge is -2.32. The van der Waals surface area contributed by atoms with E-state index in [0.29, 0.717) is 0 Å². The highest BCUT2D eigenvalue weighted by molar-refractivity contribution is 9.10. The van der Waals surface area contributed by atoms with Crippen LogP contribution in [0.5, 0.6) is 0 Å². The van der Waals surface area contributed by atoms with E-state index in [1.807, 2.05) is 41.7 Å². The Hall–Kier alpha value is -4.57. The van der Waals surface area contributed by atoms with Crippen LogP contribution in [0.3, 0.4) is 0 Å². The summed E-state index contributed by atoms with van der Waals surface area (Å²) < 4.78 is 31.6. The molecule has 2 aliphatic heterocycles. The van der Waals surface area contributed by atoms with Crippen LogP contribution < -0.4 is 10.9 Å². The van der Waals surface area contributed by atoms with Crippen molar-refractivity contribution in [1.29, 1.82) is 0 Å². The van der Waals surface area contributed by atoms with Crippen molar-refractivity contribution in [3.63, 3.8) is 0 Å². The average Bonchev–Trinajstić information content (AvgIpc) is 3.97. The highest BCUT2D eigenvalue weighted by Crippen LogP contribution is 2.42. The first-order valence-electron chi connectivity index (χ1n) is 21.5. The fourth-order valence-corrected chi connectivity index (χ4v) is 10.7. The van der Waals surface area contributed by atoms with Gasteiger partial charge in [0.25, 0.3) is 0 Å². The van der Waals surface area contributed by atoms with Crippen LogP contribution in [0.1, 0.15) is 55.4 Å². The van der Waals surface area contributed by atoms with Gasteiger partial charge in [0.2, 0.25) is 0 Å². The molecule has 0 amide bonds. The zero-order valence-electron chi connectivity index (χ0n) is 37.1. The Bertz CT molecular complexity index is 3020. The topological polar surface area (TPSA) is 36.9 Å². The third-order valence-electron chi connectivity index (χ3n) is 13.0. The maximum Gasteiger partial charge on any atom is 0.496 e. The predicted molar refractivity (Wildman–Crippen MR) is 275 cm³/mol. The Labute approximate surface area is 388 Å².